The number of nitrogens with zero attached hydrogens (tertiary/aromatic N) is 1. The Hall–Kier alpha value is -3.33. The van der Waals surface area contributed by atoms with Crippen molar-refractivity contribution < 1.29 is 19.1 Å². The number of ether oxygens (including phenoxy) is 1. The zero-order valence-electron chi connectivity index (χ0n) is 16.3. The summed E-state index contributed by atoms with van der Waals surface area (Å²) in [5, 5.41) is 7.96. The monoisotopic (exact) mass is 414 g/mol. The van der Waals surface area contributed by atoms with Gasteiger partial charge < -0.3 is 15.4 Å². The fourth-order valence-electron chi connectivity index (χ4n) is 2.18. The van der Waals surface area contributed by atoms with Crippen LogP contribution in [-0.2, 0) is 14.3 Å². The van der Waals surface area contributed by atoms with E-state index < -0.39 is 12.0 Å². The van der Waals surface area contributed by atoms with E-state index in [4.69, 9.17) is 0 Å². The van der Waals surface area contributed by atoms with Crippen LogP contribution in [0.25, 0.3) is 0 Å². The lowest BCUT2D eigenvalue weighted by Crippen LogP contribution is -2.36. The summed E-state index contributed by atoms with van der Waals surface area (Å²) in [6.07, 6.45) is -0.614. The van der Waals surface area contributed by atoms with E-state index in [1.165, 1.54) is 25.8 Å². The summed E-state index contributed by atoms with van der Waals surface area (Å²) in [6.45, 7) is 3.04. The Morgan fingerprint density at radius 2 is 1.72 bits per heavy atom. The zero-order chi connectivity index (χ0) is 21.2. The van der Waals surface area contributed by atoms with Crippen LogP contribution in [0.5, 0.6) is 0 Å². The maximum atomic E-state index is 11.7. The molecule has 0 fully saturated rings. The van der Waals surface area contributed by atoms with Gasteiger partial charge in [0, 0.05) is 23.1 Å². The third kappa shape index (κ3) is 7.30. The van der Waals surface area contributed by atoms with E-state index in [-0.39, 0.29) is 18.3 Å². The van der Waals surface area contributed by atoms with E-state index in [9.17, 15) is 14.4 Å². The molecule has 2 rings (SSSR count). The molecule has 0 aliphatic rings. The van der Waals surface area contributed by atoms with Crippen LogP contribution in [0.1, 0.15) is 20.3 Å². The summed E-state index contributed by atoms with van der Waals surface area (Å²) in [6, 6.07) is 15.2. The van der Waals surface area contributed by atoms with Crippen molar-refractivity contribution in [3.8, 4) is 0 Å². The van der Waals surface area contributed by atoms with Crippen molar-refractivity contribution in [1.82, 2.24) is 5.32 Å². The van der Waals surface area contributed by atoms with Gasteiger partial charge in [-0.25, -0.2) is 4.79 Å². The molecule has 152 valence electrons. The highest BCUT2D eigenvalue weighted by molar-refractivity contribution is 7.99. The number of alkyl carbamates (subject to hydrolysis) is 1. The second kappa shape index (κ2) is 10.9. The molecule has 0 atom stereocenters. The number of hydrogen-bond donors (Lipinski definition) is 3. The molecule has 0 aromatic heterocycles. The number of amides is 3. The Labute approximate surface area is 173 Å². The van der Waals surface area contributed by atoms with Gasteiger partial charge >= 0.3 is 6.09 Å². The minimum Gasteiger partial charge on any atom is -0.453 e. The summed E-state index contributed by atoms with van der Waals surface area (Å²) in [4.78, 5) is 40.7. The SMILES string of the molecule is CCC(=O)/N=C(/NC(=O)OC)Nc1ccc(Sc2ccccc2)cc1NC(C)=O. The van der Waals surface area contributed by atoms with Crippen molar-refractivity contribution >= 4 is 47.0 Å². The van der Waals surface area contributed by atoms with Crippen LogP contribution in [0, 0.1) is 0 Å². The lowest BCUT2D eigenvalue weighted by atomic mass is 10.2. The molecular formula is C20H22N4O4S. The van der Waals surface area contributed by atoms with Gasteiger partial charge in [-0.2, -0.15) is 4.99 Å². The number of benzene rings is 2. The first-order valence-electron chi connectivity index (χ1n) is 8.79. The number of rotatable bonds is 5. The number of nitrogens with one attached hydrogen (secondary N) is 3. The van der Waals surface area contributed by atoms with Gasteiger partial charge in [0.05, 0.1) is 18.5 Å². The average Bonchev–Trinajstić information content (AvgIpc) is 2.70. The normalized spacial score (nSPS) is 10.8. The van der Waals surface area contributed by atoms with Crippen LogP contribution in [0.3, 0.4) is 0 Å². The van der Waals surface area contributed by atoms with Crippen molar-refractivity contribution in [3.63, 3.8) is 0 Å². The highest BCUT2D eigenvalue weighted by Gasteiger charge is 2.13. The predicted octanol–water partition coefficient (Wildman–Crippen LogP) is 3.86. The van der Waals surface area contributed by atoms with Gasteiger partial charge in [-0.3, -0.25) is 14.9 Å². The molecule has 3 amide bonds. The van der Waals surface area contributed by atoms with Crippen molar-refractivity contribution in [1.29, 1.82) is 0 Å². The van der Waals surface area contributed by atoms with Crippen LogP contribution < -0.4 is 16.0 Å². The van der Waals surface area contributed by atoms with Gasteiger partial charge in [-0.15, -0.1) is 0 Å². The summed E-state index contributed by atoms with van der Waals surface area (Å²) < 4.78 is 4.56. The first-order valence-corrected chi connectivity index (χ1v) is 9.61. The Kier molecular flexibility index (Phi) is 8.23. The number of methoxy groups -OCH3 is 1. The fraction of sp³-hybridized carbons (Fsp3) is 0.200. The molecule has 9 heteroatoms. The molecule has 8 nitrogen and oxygen atoms in total. The second-order valence-corrected chi connectivity index (χ2v) is 6.90. The Morgan fingerprint density at radius 3 is 2.34 bits per heavy atom. The first-order chi connectivity index (χ1) is 13.9. The van der Waals surface area contributed by atoms with Gasteiger partial charge in [0.15, 0.2) is 0 Å². The van der Waals surface area contributed by atoms with Crippen molar-refractivity contribution in [3.05, 3.63) is 48.5 Å². The molecule has 0 aliphatic carbocycles. The number of guanidine groups is 1. The molecule has 0 bridgehead atoms. The van der Waals surface area contributed by atoms with E-state index in [1.54, 1.807) is 19.1 Å². The molecular weight excluding hydrogens is 392 g/mol. The molecule has 0 spiro atoms. The van der Waals surface area contributed by atoms with Gasteiger partial charge in [0.2, 0.25) is 17.8 Å². The van der Waals surface area contributed by atoms with Crippen LogP contribution in [-0.4, -0.2) is 31.0 Å². The third-order valence-corrected chi connectivity index (χ3v) is 4.48. The molecule has 0 aliphatic heterocycles. The van der Waals surface area contributed by atoms with Crippen LogP contribution >= 0.6 is 11.8 Å². The number of carbonyl (C=O) groups excluding carboxylic acids is 3. The first kappa shape index (κ1) is 22.0. The molecule has 0 heterocycles. The van der Waals surface area contributed by atoms with Crippen molar-refractivity contribution in [2.45, 2.75) is 30.1 Å². The standard InChI is InChI=1S/C20H22N4O4S/c1-4-18(26)23-19(24-20(27)28-3)22-16-11-10-15(12-17(16)21-13(2)25)29-14-8-6-5-7-9-14/h5-12H,4H2,1-3H3,(H,21,25)(H2,22,23,24,26,27). The number of hydrogen-bond acceptors (Lipinski definition) is 5. The second-order valence-electron chi connectivity index (χ2n) is 5.75. The fourth-order valence-corrected chi connectivity index (χ4v) is 3.06. The van der Waals surface area contributed by atoms with Gasteiger partial charge in [0.1, 0.15) is 0 Å². The molecule has 2 aromatic carbocycles. The molecule has 2 aromatic rings. The minimum atomic E-state index is -0.780. The maximum absolute atomic E-state index is 11.7. The number of carbonyl (C=O) groups is 3. The molecule has 0 saturated heterocycles. The molecule has 3 N–H and O–H groups in total. The highest BCUT2D eigenvalue weighted by Crippen LogP contribution is 2.33. The van der Waals surface area contributed by atoms with Crippen LogP contribution in [0.2, 0.25) is 0 Å². The molecule has 0 unspecified atom stereocenters. The molecule has 0 saturated carbocycles. The molecule has 29 heavy (non-hydrogen) atoms. The Balaban J connectivity index is 2.33. The van der Waals surface area contributed by atoms with Gasteiger partial charge in [-0.05, 0) is 30.3 Å². The largest absolute Gasteiger partial charge is 0.453 e. The predicted molar refractivity (Wildman–Crippen MR) is 113 cm³/mol. The number of aliphatic imine (C=N–C) groups is 1. The van der Waals surface area contributed by atoms with E-state index in [0.29, 0.717) is 11.4 Å². The topological polar surface area (TPSA) is 109 Å². The summed E-state index contributed by atoms with van der Waals surface area (Å²) in [5.74, 6) is -0.793. The van der Waals surface area contributed by atoms with E-state index in [0.717, 1.165) is 9.79 Å². The average molecular weight is 414 g/mol. The quantitative estimate of drug-likeness (QED) is 0.506. The van der Waals surface area contributed by atoms with E-state index >= 15 is 0 Å². The van der Waals surface area contributed by atoms with Crippen molar-refractivity contribution in [2.75, 3.05) is 17.7 Å². The van der Waals surface area contributed by atoms with Crippen molar-refractivity contribution in [2.24, 2.45) is 4.99 Å². The van der Waals surface area contributed by atoms with Crippen LogP contribution in [0.15, 0.2) is 63.3 Å². The minimum absolute atomic E-state index is 0.0984. The summed E-state index contributed by atoms with van der Waals surface area (Å²) >= 11 is 1.53. The molecule has 0 radical (unpaired) electrons. The van der Waals surface area contributed by atoms with Crippen LogP contribution in [0.4, 0.5) is 16.2 Å². The van der Waals surface area contributed by atoms with E-state index in [2.05, 4.69) is 25.7 Å². The summed E-state index contributed by atoms with van der Waals surface area (Å²) in [5.41, 5.74) is 0.929. The summed E-state index contributed by atoms with van der Waals surface area (Å²) in [7, 11) is 1.20. The smallest absolute Gasteiger partial charge is 0.413 e. The third-order valence-electron chi connectivity index (χ3n) is 3.48. The maximum Gasteiger partial charge on any atom is 0.413 e. The highest BCUT2D eigenvalue weighted by atomic mass is 32.2. The zero-order valence-corrected chi connectivity index (χ0v) is 17.1. The number of anilines is 2. The Morgan fingerprint density at radius 1 is 1.00 bits per heavy atom. The Bertz CT molecular complexity index is 916. The van der Waals surface area contributed by atoms with Gasteiger partial charge in [-0.1, -0.05) is 36.9 Å². The lowest BCUT2D eigenvalue weighted by Gasteiger charge is -2.15. The van der Waals surface area contributed by atoms with Gasteiger partial charge in [0.25, 0.3) is 0 Å². The van der Waals surface area contributed by atoms with E-state index in [1.807, 2.05) is 36.4 Å². The lowest BCUT2D eigenvalue weighted by molar-refractivity contribution is -0.117.